The molecule has 14 heteroatoms. The van der Waals surface area contributed by atoms with Crippen LogP contribution < -0.4 is 9.47 Å². The van der Waals surface area contributed by atoms with E-state index >= 15 is 0 Å². The summed E-state index contributed by atoms with van der Waals surface area (Å²) in [6, 6.07) is 5.82. The zero-order valence-corrected chi connectivity index (χ0v) is 25.9. The number of ether oxygens (including phenoxy) is 4. The van der Waals surface area contributed by atoms with Gasteiger partial charge in [0, 0.05) is 51.4 Å². The molecule has 0 bridgehead atoms. The first-order valence-electron chi connectivity index (χ1n) is 12.4. The fraction of sp³-hybridized carbons (Fsp3) is 0.462. The predicted octanol–water partition coefficient (Wildman–Crippen LogP) is 6.55. The van der Waals surface area contributed by atoms with Crippen LogP contribution in [0.4, 0.5) is 0 Å². The summed E-state index contributed by atoms with van der Waals surface area (Å²) in [6.45, 7) is 5.32. The quantitative estimate of drug-likeness (QED) is 0.127. The first-order valence-corrected chi connectivity index (χ1v) is 14.7. The van der Waals surface area contributed by atoms with Crippen molar-refractivity contribution < 1.29 is 28.5 Å². The second-order valence-corrected chi connectivity index (χ2v) is 11.2. The minimum Gasteiger partial charge on any atom is -0.480 e. The van der Waals surface area contributed by atoms with Gasteiger partial charge in [-0.25, -0.2) is 9.59 Å². The lowest BCUT2D eigenvalue weighted by Gasteiger charge is -2.34. The molecule has 0 N–H and O–H groups in total. The van der Waals surface area contributed by atoms with Crippen LogP contribution >= 0.6 is 69.6 Å². The molecule has 3 rings (SSSR count). The van der Waals surface area contributed by atoms with Crippen LogP contribution in [0.1, 0.15) is 12.8 Å². The van der Waals surface area contributed by atoms with Gasteiger partial charge in [-0.2, -0.15) is 0 Å². The predicted molar refractivity (Wildman–Crippen MR) is 158 cm³/mol. The molecule has 1 saturated heterocycles. The Morgan fingerprint density at radius 2 is 0.925 bits per heavy atom. The fourth-order valence-electron chi connectivity index (χ4n) is 3.77. The van der Waals surface area contributed by atoms with Crippen LogP contribution in [-0.4, -0.2) is 87.4 Å². The Bertz CT molecular complexity index is 1070. The van der Waals surface area contributed by atoms with Crippen molar-refractivity contribution in [2.24, 2.45) is 0 Å². The molecule has 0 amide bonds. The van der Waals surface area contributed by atoms with Crippen molar-refractivity contribution in [3.63, 3.8) is 0 Å². The number of esters is 2. The van der Waals surface area contributed by atoms with Crippen LogP contribution in [0.3, 0.4) is 0 Å². The van der Waals surface area contributed by atoms with Gasteiger partial charge >= 0.3 is 11.9 Å². The molecule has 40 heavy (non-hydrogen) atoms. The van der Waals surface area contributed by atoms with E-state index in [4.69, 9.17) is 88.6 Å². The average molecular weight is 677 g/mol. The fourth-order valence-corrected chi connectivity index (χ4v) is 4.95. The molecule has 0 aliphatic carbocycles. The number of hydrogen-bond acceptors (Lipinski definition) is 8. The molecule has 0 radical (unpaired) electrons. The Morgan fingerprint density at radius 3 is 1.30 bits per heavy atom. The lowest BCUT2D eigenvalue weighted by atomic mass is 10.2. The minimum absolute atomic E-state index is 0.263. The van der Waals surface area contributed by atoms with Gasteiger partial charge in [0.05, 0.1) is 43.3 Å². The van der Waals surface area contributed by atoms with Crippen LogP contribution in [0.5, 0.6) is 11.5 Å². The van der Waals surface area contributed by atoms with Crippen LogP contribution in [-0.2, 0) is 19.1 Å². The van der Waals surface area contributed by atoms with E-state index in [0.717, 1.165) is 39.3 Å². The zero-order chi connectivity index (χ0) is 29.1. The van der Waals surface area contributed by atoms with Crippen LogP contribution in [0.25, 0.3) is 0 Å². The van der Waals surface area contributed by atoms with Crippen LogP contribution in [0.2, 0.25) is 30.1 Å². The van der Waals surface area contributed by atoms with E-state index in [2.05, 4.69) is 9.80 Å². The Hall–Kier alpha value is -1.36. The monoisotopic (exact) mass is 674 g/mol. The number of carbonyl (C=O) groups is 2. The van der Waals surface area contributed by atoms with Gasteiger partial charge in [-0.05, 0) is 25.0 Å². The van der Waals surface area contributed by atoms with E-state index in [-0.39, 0.29) is 44.8 Å². The van der Waals surface area contributed by atoms with Crippen molar-refractivity contribution in [2.75, 3.05) is 65.7 Å². The Kier molecular flexibility index (Phi) is 14.0. The van der Waals surface area contributed by atoms with Crippen molar-refractivity contribution >= 4 is 81.5 Å². The van der Waals surface area contributed by atoms with Gasteiger partial charge in [0.15, 0.2) is 13.2 Å². The SMILES string of the molecule is O=C(COc1cc(Cl)c(Cl)cc1Cl)OCCCN1CCN(CCCOC(=O)COc2cc(Cl)c(Cl)cc2Cl)CC1. The summed E-state index contributed by atoms with van der Waals surface area (Å²) in [5.74, 6) is -0.443. The van der Waals surface area contributed by atoms with Gasteiger partial charge < -0.3 is 28.7 Å². The highest BCUT2D eigenvalue weighted by molar-refractivity contribution is 6.44. The molecule has 2 aromatic rings. The number of rotatable bonds is 14. The first-order chi connectivity index (χ1) is 19.1. The number of carbonyl (C=O) groups excluding carboxylic acids is 2. The van der Waals surface area contributed by atoms with Gasteiger partial charge in [0.1, 0.15) is 11.5 Å². The zero-order valence-electron chi connectivity index (χ0n) is 21.4. The Morgan fingerprint density at radius 1 is 0.575 bits per heavy atom. The second-order valence-electron chi connectivity index (χ2n) is 8.80. The topological polar surface area (TPSA) is 77.5 Å². The van der Waals surface area contributed by atoms with Crippen LogP contribution in [0, 0.1) is 0 Å². The molecule has 1 heterocycles. The molecule has 0 saturated carbocycles. The number of nitrogens with zero attached hydrogens (tertiary/aromatic N) is 2. The molecule has 1 aliphatic heterocycles. The van der Waals surface area contributed by atoms with E-state index in [1.54, 1.807) is 0 Å². The molecule has 8 nitrogen and oxygen atoms in total. The number of halogens is 6. The lowest BCUT2D eigenvalue weighted by molar-refractivity contribution is -0.147. The molecule has 2 aromatic carbocycles. The molecule has 220 valence electrons. The first kappa shape index (κ1) is 33.1. The summed E-state index contributed by atoms with van der Waals surface area (Å²) in [5.41, 5.74) is 0. The van der Waals surface area contributed by atoms with Crippen molar-refractivity contribution in [2.45, 2.75) is 12.8 Å². The van der Waals surface area contributed by atoms with Crippen molar-refractivity contribution in [3.8, 4) is 11.5 Å². The molecule has 0 unspecified atom stereocenters. The third-order valence-corrected chi connectivity index (χ3v) is 7.90. The maximum Gasteiger partial charge on any atom is 0.344 e. The number of piperazine rings is 1. The van der Waals surface area contributed by atoms with E-state index < -0.39 is 11.9 Å². The second kappa shape index (κ2) is 16.9. The van der Waals surface area contributed by atoms with Crippen molar-refractivity contribution in [1.82, 2.24) is 9.80 Å². The van der Waals surface area contributed by atoms with Crippen molar-refractivity contribution in [1.29, 1.82) is 0 Å². The normalized spacial score (nSPS) is 14.2. The molecule has 0 atom stereocenters. The standard InChI is InChI=1S/C26H28Cl6N2O6/c27-17-11-21(31)23(13-19(17)29)39-15-25(35)37-9-1-3-33-5-7-34(8-6-33)4-2-10-38-26(36)16-40-24-14-20(30)18(28)12-22(24)32/h11-14H,1-10,15-16H2. The number of benzene rings is 2. The largest absolute Gasteiger partial charge is 0.480 e. The van der Waals surface area contributed by atoms with Gasteiger partial charge in [0.25, 0.3) is 0 Å². The van der Waals surface area contributed by atoms with Crippen LogP contribution in [0.15, 0.2) is 24.3 Å². The highest BCUT2D eigenvalue weighted by atomic mass is 35.5. The van der Waals surface area contributed by atoms with Gasteiger partial charge in [-0.1, -0.05) is 69.6 Å². The summed E-state index contributed by atoms with van der Waals surface area (Å²) < 4.78 is 21.2. The minimum atomic E-state index is -0.489. The van der Waals surface area contributed by atoms with E-state index in [0.29, 0.717) is 36.1 Å². The smallest absolute Gasteiger partial charge is 0.344 e. The highest BCUT2D eigenvalue weighted by Crippen LogP contribution is 2.34. The van der Waals surface area contributed by atoms with Gasteiger partial charge in [0.2, 0.25) is 0 Å². The molecule has 0 spiro atoms. The third kappa shape index (κ3) is 11.1. The lowest BCUT2D eigenvalue weighted by Crippen LogP contribution is -2.47. The summed E-state index contributed by atoms with van der Waals surface area (Å²) >= 11 is 35.7. The van der Waals surface area contributed by atoms with E-state index in [9.17, 15) is 9.59 Å². The Balaban J connectivity index is 1.19. The maximum absolute atomic E-state index is 12.0. The van der Waals surface area contributed by atoms with Crippen molar-refractivity contribution in [3.05, 3.63) is 54.4 Å². The average Bonchev–Trinajstić information content (AvgIpc) is 2.92. The van der Waals surface area contributed by atoms with Gasteiger partial charge in [-0.3, -0.25) is 0 Å². The molecule has 1 fully saturated rings. The highest BCUT2D eigenvalue weighted by Gasteiger charge is 2.17. The van der Waals surface area contributed by atoms with E-state index in [1.807, 2.05) is 0 Å². The Labute approximate surface area is 263 Å². The number of hydrogen-bond donors (Lipinski definition) is 0. The maximum atomic E-state index is 12.0. The molecular weight excluding hydrogens is 649 g/mol. The molecular formula is C26H28Cl6N2O6. The van der Waals surface area contributed by atoms with E-state index in [1.165, 1.54) is 24.3 Å². The molecule has 0 aromatic heterocycles. The third-order valence-electron chi connectivity index (χ3n) is 5.87. The summed E-state index contributed by atoms with van der Waals surface area (Å²) in [7, 11) is 0. The van der Waals surface area contributed by atoms with Gasteiger partial charge in [-0.15, -0.1) is 0 Å². The molecule has 1 aliphatic rings. The summed E-state index contributed by atoms with van der Waals surface area (Å²) in [5, 5.41) is 1.70. The summed E-state index contributed by atoms with van der Waals surface area (Å²) in [6.07, 6.45) is 1.43. The summed E-state index contributed by atoms with van der Waals surface area (Å²) in [4.78, 5) is 28.6.